The fourth-order valence-corrected chi connectivity index (χ4v) is 5.03. The summed E-state index contributed by atoms with van der Waals surface area (Å²) < 4.78 is 0. The highest BCUT2D eigenvalue weighted by atomic mass is 35.5. The van der Waals surface area contributed by atoms with E-state index in [2.05, 4.69) is 22.3 Å². The predicted molar refractivity (Wildman–Crippen MR) is 123 cm³/mol. The van der Waals surface area contributed by atoms with E-state index >= 15 is 0 Å². The summed E-state index contributed by atoms with van der Waals surface area (Å²) >= 11 is 7.85. The molecule has 154 valence electrons. The second kappa shape index (κ2) is 8.46. The highest BCUT2D eigenvalue weighted by Crippen LogP contribution is 2.38. The maximum absolute atomic E-state index is 9.27. The van der Waals surface area contributed by atoms with E-state index in [-0.39, 0.29) is 6.61 Å². The lowest BCUT2D eigenvalue weighted by Crippen LogP contribution is -2.46. The molecule has 2 aliphatic heterocycles. The van der Waals surface area contributed by atoms with Gasteiger partial charge in [-0.1, -0.05) is 35.9 Å². The van der Waals surface area contributed by atoms with E-state index in [1.807, 2.05) is 48.2 Å². The van der Waals surface area contributed by atoms with Crippen LogP contribution in [0.1, 0.15) is 29.2 Å². The molecular formula is C23H23ClN4OS. The van der Waals surface area contributed by atoms with Gasteiger partial charge in [0.1, 0.15) is 5.82 Å². The summed E-state index contributed by atoms with van der Waals surface area (Å²) in [5, 5.41) is 13.5. The quantitative estimate of drug-likeness (QED) is 0.584. The van der Waals surface area contributed by atoms with Crippen LogP contribution < -0.4 is 10.2 Å². The van der Waals surface area contributed by atoms with Crippen molar-refractivity contribution in [1.29, 1.82) is 0 Å². The minimum Gasteiger partial charge on any atom is -0.392 e. The van der Waals surface area contributed by atoms with E-state index in [4.69, 9.17) is 21.6 Å². The lowest BCUT2D eigenvalue weighted by Gasteiger charge is -2.40. The Labute approximate surface area is 185 Å². The first-order valence-corrected chi connectivity index (χ1v) is 11.6. The Hall–Kier alpha value is -2.28. The van der Waals surface area contributed by atoms with Crippen LogP contribution in [0.2, 0.25) is 5.02 Å². The predicted octanol–water partition coefficient (Wildman–Crippen LogP) is 5.01. The summed E-state index contributed by atoms with van der Waals surface area (Å²) in [4.78, 5) is 13.2. The number of aliphatic hydroxyl groups excluding tert-OH is 1. The molecule has 0 saturated carbocycles. The maximum atomic E-state index is 9.27. The zero-order valence-electron chi connectivity index (χ0n) is 16.5. The number of aliphatic hydroxyl groups is 1. The zero-order valence-corrected chi connectivity index (χ0v) is 18.1. The Morgan fingerprint density at radius 2 is 1.83 bits per heavy atom. The number of thioether (sulfide) groups is 1. The first-order valence-electron chi connectivity index (χ1n) is 10.2. The van der Waals surface area contributed by atoms with Gasteiger partial charge in [0.15, 0.2) is 0 Å². The van der Waals surface area contributed by atoms with Crippen LogP contribution in [-0.4, -0.2) is 33.9 Å². The number of fused-ring (bicyclic) bond motifs is 1. The molecule has 0 atom stereocenters. The highest BCUT2D eigenvalue weighted by Gasteiger charge is 2.31. The van der Waals surface area contributed by atoms with Crippen LogP contribution in [0.5, 0.6) is 0 Å². The first-order chi connectivity index (χ1) is 14.7. The largest absolute Gasteiger partial charge is 0.392 e. The van der Waals surface area contributed by atoms with Gasteiger partial charge in [0.2, 0.25) is 5.95 Å². The molecule has 0 bridgehead atoms. The number of nitrogens with zero attached hydrogens (tertiary/aromatic N) is 3. The Bertz CT molecular complexity index is 1040. The molecule has 2 aromatic carbocycles. The molecule has 30 heavy (non-hydrogen) atoms. The van der Waals surface area contributed by atoms with Crippen LogP contribution >= 0.6 is 23.4 Å². The van der Waals surface area contributed by atoms with Gasteiger partial charge in [-0.2, -0.15) is 4.98 Å². The van der Waals surface area contributed by atoms with Crippen LogP contribution in [-0.2, 0) is 13.0 Å². The van der Waals surface area contributed by atoms with Gasteiger partial charge < -0.3 is 15.3 Å². The van der Waals surface area contributed by atoms with Gasteiger partial charge in [0.05, 0.1) is 17.2 Å². The number of anilines is 3. The van der Waals surface area contributed by atoms with Gasteiger partial charge in [-0.25, -0.2) is 4.98 Å². The van der Waals surface area contributed by atoms with Crippen LogP contribution in [0.3, 0.4) is 0 Å². The summed E-state index contributed by atoms with van der Waals surface area (Å²) in [6, 6.07) is 15.9. The van der Waals surface area contributed by atoms with Gasteiger partial charge in [0, 0.05) is 29.7 Å². The molecule has 5 rings (SSSR count). The molecular weight excluding hydrogens is 416 g/mol. The second-order valence-electron chi connectivity index (χ2n) is 7.73. The number of halogens is 1. The molecule has 2 aliphatic rings. The molecule has 7 heteroatoms. The summed E-state index contributed by atoms with van der Waals surface area (Å²) in [6.45, 7) is 1.88. The van der Waals surface area contributed by atoms with E-state index in [0.29, 0.717) is 5.92 Å². The van der Waals surface area contributed by atoms with Crippen molar-refractivity contribution < 1.29 is 5.11 Å². The molecule has 0 aliphatic carbocycles. The molecule has 3 aromatic rings. The molecule has 1 aromatic heterocycles. The van der Waals surface area contributed by atoms with Crippen molar-refractivity contribution in [3.8, 4) is 0 Å². The van der Waals surface area contributed by atoms with Crippen molar-refractivity contribution in [2.75, 3.05) is 29.1 Å². The molecule has 0 spiro atoms. The first kappa shape index (κ1) is 19.7. The average molecular weight is 439 g/mol. The van der Waals surface area contributed by atoms with Crippen molar-refractivity contribution in [2.24, 2.45) is 0 Å². The molecule has 0 amide bonds. The summed E-state index contributed by atoms with van der Waals surface area (Å²) in [7, 11) is 0. The van der Waals surface area contributed by atoms with E-state index in [9.17, 15) is 5.11 Å². The lowest BCUT2D eigenvalue weighted by molar-refractivity contribution is 0.282. The fourth-order valence-electron chi connectivity index (χ4n) is 3.86. The normalized spacial score (nSPS) is 16.1. The number of rotatable bonds is 5. The topological polar surface area (TPSA) is 61.3 Å². The third-order valence-corrected chi connectivity index (χ3v) is 7.10. The molecule has 1 saturated heterocycles. The second-order valence-corrected chi connectivity index (χ2v) is 9.28. The molecule has 1 fully saturated rings. The molecule has 3 heterocycles. The van der Waals surface area contributed by atoms with Gasteiger partial charge in [-0.15, -0.1) is 11.8 Å². The Morgan fingerprint density at radius 1 is 1.07 bits per heavy atom. The monoisotopic (exact) mass is 438 g/mol. The third kappa shape index (κ3) is 4.00. The van der Waals surface area contributed by atoms with Crippen molar-refractivity contribution in [1.82, 2.24) is 9.97 Å². The van der Waals surface area contributed by atoms with Gasteiger partial charge in [0.25, 0.3) is 0 Å². The summed E-state index contributed by atoms with van der Waals surface area (Å²) in [6.07, 6.45) is 2.14. The fraction of sp³-hybridized carbons (Fsp3) is 0.304. The summed E-state index contributed by atoms with van der Waals surface area (Å²) in [5.74, 6) is 3.26. The standard InChI is InChI=1S/C23H23ClN4OS/c24-18-7-5-16(6-8-18)17-12-28(13-17)23-26-20-2-1-11-30-21(20)22(27-23)25-19-9-3-15(14-29)4-10-19/h3-10,17,29H,1-2,11-14H2,(H,25,26,27). The lowest BCUT2D eigenvalue weighted by atomic mass is 9.92. The van der Waals surface area contributed by atoms with Crippen LogP contribution in [0.15, 0.2) is 53.4 Å². The van der Waals surface area contributed by atoms with Gasteiger partial charge >= 0.3 is 0 Å². The number of benzene rings is 2. The van der Waals surface area contributed by atoms with E-state index in [1.165, 1.54) is 5.56 Å². The molecule has 0 radical (unpaired) electrons. The van der Waals surface area contributed by atoms with Crippen molar-refractivity contribution in [3.63, 3.8) is 0 Å². The number of aryl methyl sites for hydroxylation is 1. The molecule has 5 nitrogen and oxygen atoms in total. The van der Waals surface area contributed by atoms with Crippen molar-refractivity contribution >= 4 is 40.8 Å². The van der Waals surface area contributed by atoms with Crippen LogP contribution in [0, 0.1) is 0 Å². The SMILES string of the molecule is OCc1ccc(Nc2nc(N3CC(c4ccc(Cl)cc4)C3)nc3c2SCCC3)cc1. The summed E-state index contributed by atoms with van der Waals surface area (Å²) in [5.41, 5.74) is 4.31. The zero-order chi connectivity index (χ0) is 20.5. The van der Waals surface area contributed by atoms with Gasteiger partial charge in [-0.05, 0) is 54.0 Å². The Balaban J connectivity index is 1.38. The van der Waals surface area contributed by atoms with Crippen molar-refractivity contribution in [2.45, 2.75) is 30.3 Å². The minimum absolute atomic E-state index is 0.0485. The number of hydrogen-bond donors (Lipinski definition) is 2. The maximum Gasteiger partial charge on any atom is 0.227 e. The van der Waals surface area contributed by atoms with Gasteiger partial charge in [-0.3, -0.25) is 0 Å². The highest BCUT2D eigenvalue weighted by molar-refractivity contribution is 7.99. The molecule has 0 unspecified atom stereocenters. The van der Waals surface area contributed by atoms with E-state index in [0.717, 1.165) is 70.3 Å². The van der Waals surface area contributed by atoms with E-state index < -0.39 is 0 Å². The smallest absolute Gasteiger partial charge is 0.227 e. The average Bonchev–Trinajstić information content (AvgIpc) is 2.75. The number of hydrogen-bond acceptors (Lipinski definition) is 6. The minimum atomic E-state index is 0.0485. The Kier molecular flexibility index (Phi) is 5.54. The van der Waals surface area contributed by atoms with Crippen LogP contribution in [0.25, 0.3) is 0 Å². The number of aromatic nitrogens is 2. The number of nitrogens with one attached hydrogen (secondary N) is 1. The van der Waals surface area contributed by atoms with Crippen molar-refractivity contribution in [3.05, 3.63) is 70.4 Å². The molecule has 2 N–H and O–H groups in total. The van der Waals surface area contributed by atoms with E-state index in [1.54, 1.807) is 0 Å². The Morgan fingerprint density at radius 3 is 2.57 bits per heavy atom. The van der Waals surface area contributed by atoms with Crippen LogP contribution in [0.4, 0.5) is 17.5 Å². The third-order valence-electron chi connectivity index (χ3n) is 5.63.